The summed E-state index contributed by atoms with van der Waals surface area (Å²) < 4.78 is 11.3. The predicted octanol–water partition coefficient (Wildman–Crippen LogP) is 0.434. The summed E-state index contributed by atoms with van der Waals surface area (Å²) in [6, 6.07) is 3.78. The van der Waals surface area contributed by atoms with Crippen LogP contribution in [0.15, 0.2) is 36.7 Å². The molecule has 157 valence electrons. The fraction of sp³-hybridized carbons (Fsp3) is 0.500. The van der Waals surface area contributed by atoms with Crippen molar-refractivity contribution in [1.82, 2.24) is 15.8 Å². The van der Waals surface area contributed by atoms with E-state index >= 15 is 0 Å². The molecule has 28 heavy (non-hydrogen) atoms. The molecule has 1 fully saturated rings. The molecular formula is C16H23CuN7O2S2. The molecule has 1 aliphatic rings. The van der Waals surface area contributed by atoms with E-state index in [1.165, 1.54) is 0 Å². The van der Waals surface area contributed by atoms with Crippen molar-refractivity contribution in [1.29, 1.82) is 0 Å². The molecule has 2 N–H and O–H groups in total. The third-order valence-electron chi connectivity index (χ3n) is 3.71. The number of rotatable bonds is 6. The number of morpholine rings is 1. The maximum Gasteiger partial charge on any atom is 2.00 e. The van der Waals surface area contributed by atoms with Gasteiger partial charge in [0.15, 0.2) is 5.76 Å². The van der Waals surface area contributed by atoms with E-state index in [2.05, 4.69) is 35.9 Å². The van der Waals surface area contributed by atoms with Crippen molar-refractivity contribution in [2.45, 2.75) is 13.5 Å². The Labute approximate surface area is 186 Å². The van der Waals surface area contributed by atoms with Crippen LogP contribution in [0.25, 0.3) is 0 Å². The van der Waals surface area contributed by atoms with Crippen molar-refractivity contribution in [3.8, 4) is 0 Å². The Morgan fingerprint density at radius 1 is 1.07 bits per heavy atom. The Bertz CT molecular complexity index is 743. The molecule has 9 nitrogen and oxygen atoms in total. The molecule has 1 saturated heterocycles. The van der Waals surface area contributed by atoms with E-state index < -0.39 is 0 Å². The van der Waals surface area contributed by atoms with Crippen molar-refractivity contribution >= 4 is 47.0 Å². The minimum atomic E-state index is 0. The van der Waals surface area contributed by atoms with Crippen molar-refractivity contribution in [3.63, 3.8) is 0 Å². The van der Waals surface area contributed by atoms with E-state index in [1.807, 2.05) is 12.1 Å². The first kappa shape index (κ1) is 24.5. The summed E-state index contributed by atoms with van der Waals surface area (Å²) in [6.45, 7) is 5.73. The molecule has 2 heterocycles. The molecular weight excluding hydrogens is 450 g/mol. The first-order valence-electron chi connectivity index (χ1n) is 8.34. The number of nitrogens with zero attached hydrogens (tertiary/aromatic N) is 5. The number of aliphatic imine (C=N–C) groups is 2. The van der Waals surface area contributed by atoms with Crippen molar-refractivity contribution in [3.05, 3.63) is 23.7 Å². The van der Waals surface area contributed by atoms with Crippen LogP contribution in [0.2, 0.25) is 0 Å². The van der Waals surface area contributed by atoms with Gasteiger partial charge in [-0.3, -0.25) is 25.7 Å². The summed E-state index contributed by atoms with van der Waals surface area (Å²) >= 11 is 10.0. The fourth-order valence-corrected chi connectivity index (χ4v) is 2.36. The van der Waals surface area contributed by atoms with Gasteiger partial charge in [-0.25, -0.2) is 0 Å². The molecule has 0 bridgehead atoms. The number of hydrazone groups is 2. The van der Waals surface area contributed by atoms with Gasteiger partial charge in [-0.2, -0.15) is 10.2 Å². The normalized spacial score (nSPS) is 17.2. The van der Waals surface area contributed by atoms with Crippen LogP contribution in [-0.2, 0) is 53.6 Å². The number of nitrogens with one attached hydrogen (secondary N) is 2. The number of hydrogen-bond acceptors (Lipinski definition) is 9. The molecule has 0 amide bonds. The zero-order valence-corrected chi connectivity index (χ0v) is 18.4. The molecule has 1 aliphatic heterocycles. The average molecular weight is 473 g/mol. The van der Waals surface area contributed by atoms with Gasteiger partial charge in [0.05, 0.1) is 25.5 Å². The van der Waals surface area contributed by atoms with Crippen LogP contribution in [-0.4, -0.2) is 67.1 Å². The molecule has 12 heteroatoms. The second-order valence-electron chi connectivity index (χ2n) is 5.59. The summed E-state index contributed by atoms with van der Waals surface area (Å²) in [5, 5.41) is 9.02. The van der Waals surface area contributed by atoms with Gasteiger partial charge in [-0.15, -0.1) is 0 Å². The van der Waals surface area contributed by atoms with Gasteiger partial charge >= 0.3 is 17.1 Å². The SMILES string of the molecule is CN=C([S-])N/N=C(/C(C)=N/NC([S-])=NC)c1ccc(CN2CCOCC2)o1.[Cu+2]. The van der Waals surface area contributed by atoms with Crippen LogP contribution < -0.4 is 10.9 Å². The smallest absolute Gasteiger partial charge is 0.741 e. The molecule has 0 aliphatic carbocycles. The zero-order chi connectivity index (χ0) is 19.6. The van der Waals surface area contributed by atoms with Crippen LogP contribution in [0.1, 0.15) is 18.4 Å². The minimum absolute atomic E-state index is 0. The summed E-state index contributed by atoms with van der Waals surface area (Å²) in [6.07, 6.45) is 0. The van der Waals surface area contributed by atoms with Gasteiger partial charge < -0.3 is 34.4 Å². The standard InChI is InChI=1S/C16H25N7O2S2.Cu/c1-11(19-21-15(26)17-2)14(20-22-16(27)18-3)13-5-4-12(25-13)10-23-6-8-24-9-7-23;/h4-5H,6-10H2,1-3H3,(H2,17,21,26)(H2,18,22,27);/q;+2/p-2/b19-11+,20-14-;. The predicted molar refractivity (Wildman–Crippen MR) is 112 cm³/mol. The summed E-state index contributed by atoms with van der Waals surface area (Å²) in [5.74, 6) is 1.40. The average Bonchev–Trinajstić information content (AvgIpc) is 3.14. The number of ether oxygens (including phenoxy) is 1. The molecule has 0 unspecified atom stereocenters. The van der Waals surface area contributed by atoms with Crippen LogP contribution in [0.5, 0.6) is 0 Å². The second kappa shape index (κ2) is 12.8. The molecule has 1 aromatic heterocycles. The van der Waals surface area contributed by atoms with Crippen LogP contribution in [0.4, 0.5) is 0 Å². The maximum absolute atomic E-state index is 5.98. The van der Waals surface area contributed by atoms with Crippen molar-refractivity contribution < 1.29 is 26.2 Å². The topological polar surface area (TPSA) is 99.1 Å². The van der Waals surface area contributed by atoms with Crippen molar-refractivity contribution in [2.24, 2.45) is 20.2 Å². The van der Waals surface area contributed by atoms with E-state index in [4.69, 9.17) is 34.4 Å². The van der Waals surface area contributed by atoms with Crippen LogP contribution >= 0.6 is 0 Å². The Morgan fingerprint density at radius 2 is 1.68 bits per heavy atom. The number of hydrogen-bond donors (Lipinski definition) is 2. The third kappa shape index (κ3) is 7.82. The van der Waals surface area contributed by atoms with E-state index in [0.717, 1.165) is 32.1 Å². The summed E-state index contributed by atoms with van der Waals surface area (Å²) in [4.78, 5) is 9.96. The van der Waals surface area contributed by atoms with E-state index in [0.29, 0.717) is 23.7 Å². The van der Waals surface area contributed by atoms with Gasteiger partial charge in [0.2, 0.25) is 0 Å². The molecule has 0 atom stereocenters. The van der Waals surface area contributed by atoms with Gasteiger partial charge in [0.1, 0.15) is 11.5 Å². The molecule has 0 aromatic carbocycles. The Hall–Kier alpha value is -1.56. The number of amidine groups is 2. The van der Waals surface area contributed by atoms with Gasteiger partial charge in [-0.05, 0) is 29.4 Å². The Kier molecular flexibility index (Phi) is 11.2. The molecule has 0 saturated carbocycles. The monoisotopic (exact) mass is 472 g/mol. The largest absolute Gasteiger partial charge is 2.00 e. The Balaban J connectivity index is 0.00000392. The quantitative estimate of drug-likeness (QED) is 0.204. The zero-order valence-electron chi connectivity index (χ0n) is 15.9. The van der Waals surface area contributed by atoms with Crippen LogP contribution in [0.3, 0.4) is 0 Å². The van der Waals surface area contributed by atoms with Gasteiger partial charge in [-0.1, -0.05) is 0 Å². The van der Waals surface area contributed by atoms with E-state index in [-0.39, 0.29) is 27.4 Å². The summed E-state index contributed by atoms with van der Waals surface area (Å²) in [7, 11) is 3.17. The summed E-state index contributed by atoms with van der Waals surface area (Å²) in [5.41, 5.74) is 6.43. The molecule has 2 rings (SSSR count). The minimum Gasteiger partial charge on any atom is -0.741 e. The van der Waals surface area contributed by atoms with Gasteiger partial charge in [0.25, 0.3) is 0 Å². The number of furan rings is 1. The molecule has 0 spiro atoms. The first-order chi connectivity index (χ1) is 13.0. The molecule has 1 radical (unpaired) electrons. The van der Waals surface area contributed by atoms with E-state index in [1.54, 1.807) is 21.0 Å². The third-order valence-corrected chi connectivity index (χ3v) is 4.26. The first-order valence-corrected chi connectivity index (χ1v) is 9.16. The van der Waals surface area contributed by atoms with Crippen LogP contribution in [0, 0.1) is 0 Å². The van der Waals surface area contributed by atoms with E-state index in [9.17, 15) is 0 Å². The Morgan fingerprint density at radius 3 is 2.29 bits per heavy atom. The fourth-order valence-electron chi connectivity index (χ4n) is 2.27. The molecule has 1 aromatic rings. The van der Waals surface area contributed by atoms with Crippen molar-refractivity contribution in [2.75, 3.05) is 40.4 Å². The second-order valence-corrected chi connectivity index (χ2v) is 6.37. The maximum atomic E-state index is 5.98. The van der Waals surface area contributed by atoms with Gasteiger partial charge in [0, 0.05) is 27.2 Å².